The van der Waals surface area contributed by atoms with Crippen molar-refractivity contribution in [1.82, 2.24) is 19.8 Å². The molecule has 2 aliphatic rings. The van der Waals surface area contributed by atoms with Crippen LogP contribution in [0.5, 0.6) is 0 Å². The van der Waals surface area contributed by atoms with Crippen molar-refractivity contribution < 1.29 is 14.0 Å². The van der Waals surface area contributed by atoms with Crippen LogP contribution in [0.3, 0.4) is 0 Å². The van der Waals surface area contributed by atoms with Gasteiger partial charge in [0.2, 0.25) is 0 Å². The van der Waals surface area contributed by atoms with E-state index < -0.39 is 0 Å². The van der Waals surface area contributed by atoms with Gasteiger partial charge < -0.3 is 14.8 Å². The summed E-state index contributed by atoms with van der Waals surface area (Å²) in [5.74, 6) is 1.79. The molecule has 0 bridgehead atoms. The van der Waals surface area contributed by atoms with E-state index in [4.69, 9.17) is 0 Å². The van der Waals surface area contributed by atoms with Gasteiger partial charge >= 0.3 is 0 Å². The average Bonchev–Trinajstić information content (AvgIpc) is 3.07. The SMILES string of the molecule is C=C/C(=C\n1ccnc1C)C(=O)NCCC1[C@H]2CN(C(=O)c3ccc(F)cc3)C[C@@H]12. The Morgan fingerprint density at radius 3 is 2.57 bits per heavy atom. The summed E-state index contributed by atoms with van der Waals surface area (Å²) in [7, 11) is 0. The maximum atomic E-state index is 13.0. The number of carbonyl (C=O) groups excluding carboxylic acids is 2. The minimum absolute atomic E-state index is 0.0372. The van der Waals surface area contributed by atoms with Gasteiger partial charge in [0.15, 0.2) is 0 Å². The van der Waals surface area contributed by atoms with Crippen LogP contribution < -0.4 is 5.32 Å². The summed E-state index contributed by atoms with van der Waals surface area (Å²) in [6.07, 6.45) is 7.63. The molecule has 0 radical (unpaired) electrons. The minimum Gasteiger partial charge on any atom is -0.352 e. The van der Waals surface area contributed by atoms with E-state index >= 15 is 0 Å². The topological polar surface area (TPSA) is 67.2 Å². The first-order valence-corrected chi connectivity index (χ1v) is 10.1. The Balaban J connectivity index is 1.23. The number of halogens is 1. The van der Waals surface area contributed by atoms with E-state index in [0.29, 0.717) is 35.4 Å². The summed E-state index contributed by atoms with van der Waals surface area (Å²) < 4.78 is 14.8. The van der Waals surface area contributed by atoms with Gasteiger partial charge in [0.25, 0.3) is 11.8 Å². The zero-order valence-corrected chi connectivity index (χ0v) is 16.9. The van der Waals surface area contributed by atoms with Crippen molar-refractivity contribution in [3.05, 3.63) is 72.1 Å². The lowest BCUT2D eigenvalue weighted by molar-refractivity contribution is -0.117. The van der Waals surface area contributed by atoms with E-state index in [9.17, 15) is 14.0 Å². The summed E-state index contributed by atoms with van der Waals surface area (Å²) in [5, 5.41) is 2.96. The van der Waals surface area contributed by atoms with E-state index in [1.807, 2.05) is 11.8 Å². The Morgan fingerprint density at radius 1 is 1.27 bits per heavy atom. The summed E-state index contributed by atoms with van der Waals surface area (Å²) in [4.78, 5) is 30.9. The second-order valence-corrected chi connectivity index (χ2v) is 7.92. The van der Waals surface area contributed by atoms with Crippen molar-refractivity contribution in [2.24, 2.45) is 17.8 Å². The molecule has 1 aliphatic carbocycles. The highest BCUT2D eigenvalue weighted by atomic mass is 19.1. The smallest absolute Gasteiger partial charge is 0.253 e. The maximum Gasteiger partial charge on any atom is 0.253 e. The normalized spacial score (nSPS) is 22.5. The number of fused-ring (bicyclic) bond motifs is 1. The number of carbonyl (C=O) groups is 2. The quantitative estimate of drug-likeness (QED) is 0.566. The van der Waals surface area contributed by atoms with Gasteiger partial charge in [-0.25, -0.2) is 9.37 Å². The van der Waals surface area contributed by atoms with Gasteiger partial charge in [0.1, 0.15) is 11.6 Å². The highest BCUT2D eigenvalue weighted by molar-refractivity contribution is 5.99. The number of amides is 2. The molecule has 1 N–H and O–H groups in total. The van der Waals surface area contributed by atoms with Gasteiger partial charge in [-0.05, 0) is 55.4 Å². The second-order valence-electron chi connectivity index (χ2n) is 7.92. The van der Waals surface area contributed by atoms with Crippen LogP contribution in [-0.4, -0.2) is 45.9 Å². The fourth-order valence-electron chi connectivity index (χ4n) is 4.35. The molecule has 0 spiro atoms. The highest BCUT2D eigenvalue weighted by Crippen LogP contribution is 2.53. The second kappa shape index (κ2) is 8.26. The number of hydrogen-bond donors (Lipinski definition) is 1. The lowest BCUT2D eigenvalue weighted by Crippen LogP contribution is -2.32. The molecule has 1 saturated carbocycles. The van der Waals surface area contributed by atoms with Crippen LogP contribution >= 0.6 is 0 Å². The van der Waals surface area contributed by atoms with Crippen LogP contribution in [0.25, 0.3) is 6.20 Å². The third kappa shape index (κ3) is 4.06. The molecular formula is C23H25FN4O2. The van der Waals surface area contributed by atoms with Crippen molar-refractivity contribution in [3.8, 4) is 0 Å². The third-order valence-electron chi connectivity index (χ3n) is 6.14. The molecule has 30 heavy (non-hydrogen) atoms. The molecule has 4 rings (SSSR count). The van der Waals surface area contributed by atoms with Crippen molar-refractivity contribution in [1.29, 1.82) is 0 Å². The monoisotopic (exact) mass is 408 g/mol. The lowest BCUT2D eigenvalue weighted by Gasteiger charge is -2.20. The number of aryl methyl sites for hydroxylation is 1. The van der Waals surface area contributed by atoms with Crippen LogP contribution in [0.15, 0.2) is 54.9 Å². The Kier molecular flexibility index (Phi) is 5.53. The Morgan fingerprint density at radius 2 is 1.97 bits per heavy atom. The summed E-state index contributed by atoms with van der Waals surface area (Å²) in [5.41, 5.74) is 1.02. The van der Waals surface area contributed by atoms with Crippen LogP contribution in [0.4, 0.5) is 4.39 Å². The number of piperidine rings is 1. The van der Waals surface area contributed by atoms with Crippen molar-refractivity contribution in [2.75, 3.05) is 19.6 Å². The molecule has 1 aromatic heterocycles. The standard InChI is InChI=1S/C23H25FN4O2/c1-3-16(12-27-11-10-25-15(27)2)22(29)26-9-8-19-20-13-28(14-21(19)20)23(30)17-4-6-18(24)7-5-17/h3-7,10-12,19-21H,1,8-9,13-14H2,2H3,(H,26,29)/b16-12+/t19?,20-,21+. The van der Waals surface area contributed by atoms with Gasteiger partial charge in [0, 0.05) is 43.8 Å². The van der Waals surface area contributed by atoms with E-state index in [2.05, 4.69) is 16.9 Å². The van der Waals surface area contributed by atoms with Crippen LogP contribution in [0, 0.1) is 30.5 Å². The van der Waals surface area contributed by atoms with Crippen molar-refractivity contribution >= 4 is 18.0 Å². The summed E-state index contributed by atoms with van der Waals surface area (Å²) in [6, 6.07) is 5.69. The fourth-order valence-corrected chi connectivity index (χ4v) is 4.35. The molecule has 2 aromatic rings. The van der Waals surface area contributed by atoms with Gasteiger partial charge in [0.05, 0.1) is 5.57 Å². The molecule has 2 amide bonds. The van der Waals surface area contributed by atoms with E-state index in [1.165, 1.54) is 24.3 Å². The van der Waals surface area contributed by atoms with Gasteiger partial charge in [-0.15, -0.1) is 0 Å². The number of nitrogens with one attached hydrogen (secondary N) is 1. The Labute approximate surface area is 175 Å². The van der Waals surface area contributed by atoms with Crippen LogP contribution in [-0.2, 0) is 4.79 Å². The first-order chi connectivity index (χ1) is 14.5. The maximum absolute atomic E-state index is 13.0. The number of likely N-dealkylation sites (tertiary alicyclic amines) is 1. The molecule has 7 heteroatoms. The Hall–Kier alpha value is -3.22. The van der Waals surface area contributed by atoms with Crippen LogP contribution in [0.2, 0.25) is 0 Å². The number of rotatable bonds is 7. The molecule has 156 valence electrons. The third-order valence-corrected chi connectivity index (χ3v) is 6.14. The Bertz CT molecular complexity index is 983. The van der Waals surface area contributed by atoms with Crippen LogP contribution in [0.1, 0.15) is 22.6 Å². The molecule has 1 saturated heterocycles. The van der Waals surface area contributed by atoms with Crippen molar-refractivity contribution in [2.45, 2.75) is 13.3 Å². The first-order valence-electron chi connectivity index (χ1n) is 10.1. The first kappa shape index (κ1) is 20.1. The minimum atomic E-state index is -0.340. The number of hydrogen-bond acceptors (Lipinski definition) is 3. The van der Waals surface area contributed by atoms with E-state index in [-0.39, 0.29) is 17.6 Å². The molecule has 1 aromatic carbocycles. The van der Waals surface area contributed by atoms with E-state index in [1.54, 1.807) is 29.2 Å². The average molecular weight is 408 g/mol. The molecule has 3 atom stereocenters. The number of imidazole rings is 1. The summed E-state index contributed by atoms with van der Waals surface area (Å²) in [6.45, 7) is 7.65. The van der Waals surface area contributed by atoms with E-state index in [0.717, 1.165) is 25.3 Å². The van der Waals surface area contributed by atoms with Gasteiger partial charge in [-0.2, -0.15) is 0 Å². The van der Waals surface area contributed by atoms with Crippen molar-refractivity contribution in [3.63, 3.8) is 0 Å². The molecule has 1 aliphatic heterocycles. The zero-order valence-electron chi connectivity index (χ0n) is 16.9. The largest absolute Gasteiger partial charge is 0.352 e. The predicted octanol–water partition coefficient (Wildman–Crippen LogP) is 2.88. The predicted molar refractivity (Wildman–Crippen MR) is 112 cm³/mol. The highest BCUT2D eigenvalue weighted by Gasteiger charge is 2.55. The number of nitrogens with zero attached hydrogens (tertiary/aromatic N) is 3. The molecular weight excluding hydrogens is 383 g/mol. The summed E-state index contributed by atoms with van der Waals surface area (Å²) >= 11 is 0. The lowest BCUT2D eigenvalue weighted by atomic mass is 10.1. The number of aromatic nitrogens is 2. The number of benzene rings is 1. The zero-order chi connectivity index (χ0) is 21.3. The van der Waals surface area contributed by atoms with Gasteiger partial charge in [-0.1, -0.05) is 12.7 Å². The van der Waals surface area contributed by atoms with Gasteiger partial charge in [-0.3, -0.25) is 9.59 Å². The molecule has 2 heterocycles. The molecule has 1 unspecified atom stereocenters. The molecule has 6 nitrogen and oxygen atoms in total. The molecule has 2 fully saturated rings. The fraction of sp³-hybridized carbons (Fsp3) is 0.348.